The van der Waals surface area contributed by atoms with E-state index in [9.17, 15) is 0 Å². The summed E-state index contributed by atoms with van der Waals surface area (Å²) in [6, 6.07) is 0. The third-order valence-corrected chi connectivity index (χ3v) is 0. The predicted molar refractivity (Wildman–Crippen MR) is 23.3 cm³/mol. The minimum absolute atomic E-state index is 0. The third-order valence-electron chi connectivity index (χ3n) is 0. The van der Waals surface area contributed by atoms with Crippen LogP contribution in [-0.4, -0.2) is 28.0 Å². The van der Waals surface area contributed by atoms with Gasteiger partial charge in [0.05, 0.1) is 0 Å². The fraction of sp³-hybridized carbons (Fsp3) is 1.00. The Bertz CT molecular complexity index is 12.0. The van der Waals surface area contributed by atoms with Crippen LogP contribution in [-0.2, 0) is 52.4 Å². The Morgan fingerprint density at radius 1 is 0.875 bits per heavy atom. The van der Waals surface area contributed by atoms with Gasteiger partial charge in [0.25, 0.3) is 0 Å². The maximum Gasteiger partial charge on any atom is 0.140 e. The van der Waals surface area contributed by atoms with E-state index in [0.717, 1.165) is 0 Å². The zero-order chi connectivity index (χ0) is 2.71. The van der Waals surface area contributed by atoms with E-state index in [1.165, 1.54) is 0 Å². The van der Waals surface area contributed by atoms with E-state index in [4.69, 9.17) is 10.2 Å². The summed E-state index contributed by atoms with van der Waals surface area (Å²) in [6.07, 6.45) is 0. The Balaban J connectivity index is -0.00000000200. The topological polar surface area (TPSA) is 103 Å². The summed E-state index contributed by atoms with van der Waals surface area (Å²) in [6.45, 7) is -0.750. The van der Waals surface area contributed by atoms with Crippen molar-refractivity contribution in [3.05, 3.63) is 0 Å². The van der Waals surface area contributed by atoms with Gasteiger partial charge < -0.3 is 21.2 Å². The molecule has 0 saturated carbocycles. The summed E-state index contributed by atoms with van der Waals surface area (Å²) in [7, 11) is 0. The van der Waals surface area contributed by atoms with Gasteiger partial charge in [-0.3, -0.25) is 0 Å². The molecular formula is C2H12O4Zr2. The van der Waals surface area contributed by atoms with Crippen molar-refractivity contribution in [2.45, 2.75) is 7.43 Å². The van der Waals surface area contributed by atoms with Gasteiger partial charge in [-0.15, -0.1) is 0 Å². The van der Waals surface area contributed by atoms with Crippen LogP contribution in [0.2, 0.25) is 0 Å². The molecule has 0 aliphatic rings. The molecule has 0 bridgehead atoms. The van der Waals surface area contributed by atoms with Crippen LogP contribution >= 0.6 is 0 Å². The van der Waals surface area contributed by atoms with Crippen LogP contribution in [0.25, 0.3) is 0 Å². The number of aliphatic hydroxyl groups is 2. The molecule has 0 aromatic carbocycles. The second kappa shape index (κ2) is 73.3. The molecule has 0 rings (SSSR count). The molecular weight excluding hydrogens is 270 g/mol. The summed E-state index contributed by atoms with van der Waals surface area (Å²) in [5.74, 6) is 0. The van der Waals surface area contributed by atoms with Crippen molar-refractivity contribution in [1.29, 1.82) is 0 Å². The number of hydrogen-bond acceptors (Lipinski definition) is 2. The van der Waals surface area contributed by atoms with E-state index in [1.54, 1.807) is 0 Å². The van der Waals surface area contributed by atoms with E-state index in [-0.39, 0.29) is 70.8 Å². The number of hydrogen-bond donors (Lipinski definition) is 2. The van der Waals surface area contributed by atoms with Gasteiger partial charge in [0.15, 0.2) is 0 Å². The molecule has 0 atom stereocenters. The van der Waals surface area contributed by atoms with Crippen LogP contribution < -0.4 is 0 Å². The first-order valence-electron chi connectivity index (χ1n) is 0.632. The predicted octanol–water partition coefficient (Wildman–Crippen LogP) is -2.09. The standard InChI is InChI=1S/CH4O2.CH4.2H2O.2Zr/c2-1-3;;;;;/h2-3H,1H2;1H4;2*1H2;;. The van der Waals surface area contributed by atoms with Gasteiger partial charge in [-0.2, -0.15) is 0 Å². The van der Waals surface area contributed by atoms with Crippen molar-refractivity contribution in [1.82, 2.24) is 0 Å². The summed E-state index contributed by atoms with van der Waals surface area (Å²) in [5.41, 5.74) is 0. The third kappa shape index (κ3) is 129. The molecule has 6 heteroatoms. The second-order valence-electron chi connectivity index (χ2n) is 0.141. The first kappa shape index (κ1) is 54.7. The first-order valence-corrected chi connectivity index (χ1v) is 0.632. The van der Waals surface area contributed by atoms with E-state index in [0.29, 0.717) is 0 Å². The average molecular weight is 283 g/mol. The molecule has 0 aliphatic heterocycles. The second-order valence-corrected chi connectivity index (χ2v) is 0.141. The summed E-state index contributed by atoms with van der Waals surface area (Å²) >= 11 is 0. The molecule has 0 heterocycles. The summed E-state index contributed by atoms with van der Waals surface area (Å²) < 4.78 is 0. The zero-order valence-corrected chi connectivity index (χ0v) is 8.52. The molecule has 8 heavy (non-hydrogen) atoms. The fourth-order valence-corrected chi connectivity index (χ4v) is 0. The van der Waals surface area contributed by atoms with Crippen LogP contribution in [0.4, 0.5) is 0 Å². The first-order chi connectivity index (χ1) is 1.41. The largest absolute Gasteiger partial charge is 0.412 e. The van der Waals surface area contributed by atoms with Crippen LogP contribution in [0.1, 0.15) is 7.43 Å². The Labute approximate surface area is 87.2 Å². The molecule has 0 aromatic rings. The van der Waals surface area contributed by atoms with Gasteiger partial charge >= 0.3 is 0 Å². The Morgan fingerprint density at radius 2 is 0.875 bits per heavy atom. The molecule has 0 radical (unpaired) electrons. The Morgan fingerprint density at radius 3 is 0.875 bits per heavy atom. The van der Waals surface area contributed by atoms with Gasteiger partial charge in [0.1, 0.15) is 6.79 Å². The average Bonchev–Trinajstić information content (AvgIpc) is 0.918. The van der Waals surface area contributed by atoms with Crippen molar-refractivity contribution >= 4 is 0 Å². The van der Waals surface area contributed by atoms with E-state index < -0.39 is 6.79 Å². The van der Waals surface area contributed by atoms with Gasteiger partial charge in [0, 0.05) is 52.4 Å². The van der Waals surface area contributed by atoms with E-state index >= 15 is 0 Å². The Hall–Kier alpha value is 1.61. The minimum Gasteiger partial charge on any atom is -0.412 e. The molecule has 6 N–H and O–H groups in total. The molecule has 0 spiro atoms. The van der Waals surface area contributed by atoms with Crippen LogP contribution in [0, 0.1) is 0 Å². The Kier molecular flexibility index (Phi) is 501. The molecule has 0 saturated heterocycles. The quantitative estimate of drug-likeness (QED) is 0.498. The van der Waals surface area contributed by atoms with Gasteiger partial charge in [-0.05, 0) is 0 Å². The number of aliphatic hydroxyl groups excluding tert-OH is 1. The van der Waals surface area contributed by atoms with Crippen molar-refractivity contribution in [3.8, 4) is 0 Å². The van der Waals surface area contributed by atoms with E-state index in [1.807, 2.05) is 0 Å². The van der Waals surface area contributed by atoms with Gasteiger partial charge in [0.2, 0.25) is 0 Å². The fourth-order valence-electron chi connectivity index (χ4n) is 0. The molecule has 0 aromatic heterocycles. The van der Waals surface area contributed by atoms with E-state index in [2.05, 4.69) is 0 Å². The minimum atomic E-state index is -0.750. The van der Waals surface area contributed by atoms with Crippen molar-refractivity contribution < 1.29 is 73.6 Å². The summed E-state index contributed by atoms with van der Waals surface area (Å²) in [4.78, 5) is 0. The smallest absolute Gasteiger partial charge is 0.140 e. The number of rotatable bonds is 0. The van der Waals surface area contributed by atoms with Crippen molar-refractivity contribution in [2.24, 2.45) is 0 Å². The normalized spacial score (nSPS) is 2.25. The summed E-state index contributed by atoms with van der Waals surface area (Å²) in [5, 5.41) is 14.2. The molecule has 4 nitrogen and oxygen atoms in total. The van der Waals surface area contributed by atoms with Crippen LogP contribution in [0.3, 0.4) is 0 Å². The van der Waals surface area contributed by atoms with Crippen molar-refractivity contribution in [2.75, 3.05) is 6.79 Å². The van der Waals surface area contributed by atoms with Crippen LogP contribution in [0.5, 0.6) is 0 Å². The molecule has 0 fully saturated rings. The zero-order valence-electron chi connectivity index (χ0n) is 3.60. The maximum absolute atomic E-state index is 7.12. The molecule has 52 valence electrons. The molecule has 0 amide bonds. The monoisotopic (exact) mass is 280 g/mol. The van der Waals surface area contributed by atoms with Gasteiger partial charge in [-0.1, -0.05) is 7.43 Å². The van der Waals surface area contributed by atoms with Crippen molar-refractivity contribution in [3.63, 3.8) is 0 Å². The van der Waals surface area contributed by atoms with Crippen LogP contribution in [0.15, 0.2) is 0 Å². The van der Waals surface area contributed by atoms with Gasteiger partial charge in [-0.25, -0.2) is 0 Å². The molecule has 0 unspecified atom stereocenters. The molecule has 0 aliphatic carbocycles. The maximum atomic E-state index is 7.12. The SMILES string of the molecule is C.O.O.OCO.[Zr].[Zr].